The van der Waals surface area contributed by atoms with Crippen LogP contribution in [-0.2, 0) is 6.54 Å². The molecule has 0 atom stereocenters. The van der Waals surface area contributed by atoms with Crippen molar-refractivity contribution in [2.45, 2.75) is 33.7 Å². The highest BCUT2D eigenvalue weighted by Gasteiger charge is 2.22. The molecule has 1 rings (SSSR count). The van der Waals surface area contributed by atoms with E-state index in [-0.39, 0.29) is 11.3 Å². The van der Waals surface area contributed by atoms with Gasteiger partial charge in [-0.2, -0.15) is 0 Å². The Morgan fingerprint density at radius 1 is 1.56 bits per heavy atom. The number of hydrogen-bond acceptors (Lipinski definition) is 4. The Balaban J connectivity index is 2.38. The molecule has 1 aromatic heterocycles. The molecule has 0 aliphatic rings. The Kier molecular flexibility index (Phi) is 5.09. The summed E-state index contributed by atoms with van der Waals surface area (Å²) in [5, 5.41) is 15.1. The van der Waals surface area contributed by atoms with E-state index >= 15 is 0 Å². The lowest BCUT2D eigenvalue weighted by Crippen LogP contribution is -2.34. The first-order chi connectivity index (χ1) is 8.47. The molecule has 4 N–H and O–H groups in total. The van der Waals surface area contributed by atoms with E-state index in [4.69, 9.17) is 10.9 Å². The van der Waals surface area contributed by atoms with E-state index in [1.54, 1.807) is 6.20 Å². The quantitative estimate of drug-likeness (QED) is 0.236. The zero-order chi connectivity index (χ0) is 13.6. The minimum atomic E-state index is -0.305. The van der Waals surface area contributed by atoms with Crippen LogP contribution >= 0.6 is 0 Å². The van der Waals surface area contributed by atoms with Crippen molar-refractivity contribution < 1.29 is 5.21 Å². The molecule has 0 bridgehead atoms. The van der Waals surface area contributed by atoms with Crippen molar-refractivity contribution in [3.63, 3.8) is 0 Å². The number of nitrogens with one attached hydrogen (secondary N) is 1. The normalized spacial score (nSPS) is 12.7. The fourth-order valence-corrected chi connectivity index (χ4v) is 1.57. The number of rotatable bonds is 6. The van der Waals surface area contributed by atoms with Gasteiger partial charge in [-0.3, -0.25) is 4.98 Å². The average Bonchev–Trinajstić information content (AvgIpc) is 2.35. The molecular formula is C13H22N4O. The molecule has 0 aliphatic heterocycles. The highest BCUT2D eigenvalue weighted by atomic mass is 16.4. The van der Waals surface area contributed by atoms with Crippen LogP contribution in [0.5, 0.6) is 0 Å². The summed E-state index contributed by atoms with van der Waals surface area (Å²) in [6.07, 6.45) is 2.60. The summed E-state index contributed by atoms with van der Waals surface area (Å²) in [5.41, 5.74) is 7.56. The molecule has 100 valence electrons. The van der Waals surface area contributed by atoms with Crippen LogP contribution in [-0.4, -0.2) is 22.6 Å². The number of pyridine rings is 1. The average molecular weight is 250 g/mol. The number of nitrogens with two attached hydrogens (primary N) is 1. The molecular weight excluding hydrogens is 228 g/mol. The third kappa shape index (κ3) is 4.00. The van der Waals surface area contributed by atoms with Crippen LogP contribution in [0.4, 0.5) is 0 Å². The van der Waals surface area contributed by atoms with Crippen molar-refractivity contribution in [3.05, 3.63) is 29.6 Å². The Hall–Kier alpha value is -1.62. The van der Waals surface area contributed by atoms with Gasteiger partial charge in [-0.1, -0.05) is 25.1 Å². The first-order valence-corrected chi connectivity index (χ1v) is 6.06. The van der Waals surface area contributed by atoms with Crippen LogP contribution in [0.2, 0.25) is 0 Å². The van der Waals surface area contributed by atoms with E-state index in [1.165, 1.54) is 5.56 Å². The van der Waals surface area contributed by atoms with E-state index in [1.807, 2.05) is 32.9 Å². The number of amidine groups is 1. The molecule has 0 radical (unpaired) electrons. The number of hydrogen-bond donors (Lipinski definition) is 3. The van der Waals surface area contributed by atoms with Crippen LogP contribution in [0, 0.1) is 12.3 Å². The molecule has 0 spiro atoms. The van der Waals surface area contributed by atoms with Gasteiger partial charge in [0.2, 0.25) is 0 Å². The molecule has 5 heteroatoms. The van der Waals surface area contributed by atoms with Gasteiger partial charge in [0, 0.05) is 18.2 Å². The van der Waals surface area contributed by atoms with Crippen molar-refractivity contribution in [2.75, 3.05) is 6.54 Å². The van der Waals surface area contributed by atoms with Crippen molar-refractivity contribution >= 4 is 5.84 Å². The van der Waals surface area contributed by atoms with Gasteiger partial charge in [-0.05, 0) is 31.5 Å². The molecule has 1 aromatic rings. The monoisotopic (exact) mass is 250 g/mol. The van der Waals surface area contributed by atoms with Gasteiger partial charge in [0.25, 0.3) is 0 Å². The maximum Gasteiger partial charge on any atom is 0.144 e. The van der Waals surface area contributed by atoms with Crippen LogP contribution in [0.25, 0.3) is 0 Å². The van der Waals surface area contributed by atoms with E-state index in [9.17, 15) is 0 Å². The highest BCUT2D eigenvalue weighted by Crippen LogP contribution is 2.19. The standard InChI is InChI=1S/C13H22N4O/c1-10-5-4-7-16-11(10)9-15-8-6-13(2,3)12(14)17-18/h4-5,7,15,18H,6,8-9H2,1-3H3,(H2,14,17). The van der Waals surface area contributed by atoms with Crippen molar-refractivity contribution in [2.24, 2.45) is 16.3 Å². The predicted octanol–water partition coefficient (Wildman–Crippen LogP) is 1.64. The summed E-state index contributed by atoms with van der Waals surface area (Å²) >= 11 is 0. The topological polar surface area (TPSA) is 83.5 Å². The molecule has 0 aromatic carbocycles. The van der Waals surface area contributed by atoms with Gasteiger partial charge in [-0.15, -0.1) is 0 Å². The summed E-state index contributed by atoms with van der Waals surface area (Å²) in [4.78, 5) is 4.31. The molecule has 0 saturated heterocycles. The lowest BCUT2D eigenvalue weighted by atomic mass is 9.88. The predicted molar refractivity (Wildman–Crippen MR) is 72.5 cm³/mol. The fourth-order valence-electron chi connectivity index (χ4n) is 1.57. The third-order valence-electron chi connectivity index (χ3n) is 3.14. The van der Waals surface area contributed by atoms with E-state index in [2.05, 4.69) is 15.5 Å². The lowest BCUT2D eigenvalue weighted by Gasteiger charge is -2.22. The molecule has 0 unspecified atom stereocenters. The summed E-state index contributed by atoms with van der Waals surface area (Å²) in [7, 11) is 0. The molecule has 0 fully saturated rings. The second kappa shape index (κ2) is 6.35. The van der Waals surface area contributed by atoms with Gasteiger partial charge in [-0.25, -0.2) is 0 Å². The Morgan fingerprint density at radius 3 is 2.89 bits per heavy atom. The summed E-state index contributed by atoms with van der Waals surface area (Å²) < 4.78 is 0. The van der Waals surface area contributed by atoms with E-state index in [0.717, 1.165) is 25.2 Å². The van der Waals surface area contributed by atoms with E-state index in [0.29, 0.717) is 0 Å². The second-order valence-corrected chi connectivity index (χ2v) is 5.06. The maximum atomic E-state index is 8.67. The highest BCUT2D eigenvalue weighted by molar-refractivity contribution is 5.85. The van der Waals surface area contributed by atoms with Gasteiger partial charge >= 0.3 is 0 Å². The Morgan fingerprint density at radius 2 is 2.28 bits per heavy atom. The minimum Gasteiger partial charge on any atom is -0.409 e. The smallest absolute Gasteiger partial charge is 0.144 e. The van der Waals surface area contributed by atoms with Gasteiger partial charge < -0.3 is 16.3 Å². The van der Waals surface area contributed by atoms with Crippen molar-refractivity contribution in [1.82, 2.24) is 10.3 Å². The Bertz CT molecular complexity index is 415. The zero-order valence-electron chi connectivity index (χ0n) is 11.3. The lowest BCUT2D eigenvalue weighted by molar-refractivity contribution is 0.305. The van der Waals surface area contributed by atoms with Gasteiger partial charge in [0.1, 0.15) is 5.84 Å². The largest absolute Gasteiger partial charge is 0.409 e. The van der Waals surface area contributed by atoms with Gasteiger partial charge in [0.15, 0.2) is 0 Å². The zero-order valence-corrected chi connectivity index (χ0v) is 11.3. The molecule has 0 saturated carbocycles. The summed E-state index contributed by atoms with van der Waals surface area (Å²) in [6.45, 7) is 7.48. The van der Waals surface area contributed by atoms with Crippen molar-refractivity contribution in [3.8, 4) is 0 Å². The fraction of sp³-hybridized carbons (Fsp3) is 0.538. The van der Waals surface area contributed by atoms with Crippen LogP contribution < -0.4 is 11.1 Å². The van der Waals surface area contributed by atoms with Gasteiger partial charge in [0.05, 0.1) is 5.69 Å². The van der Waals surface area contributed by atoms with Crippen LogP contribution in [0.15, 0.2) is 23.5 Å². The first kappa shape index (κ1) is 14.4. The number of nitrogens with zero attached hydrogens (tertiary/aromatic N) is 2. The van der Waals surface area contributed by atoms with Crippen LogP contribution in [0.1, 0.15) is 31.5 Å². The molecule has 0 amide bonds. The van der Waals surface area contributed by atoms with Crippen LogP contribution in [0.3, 0.4) is 0 Å². The summed E-state index contributed by atoms with van der Waals surface area (Å²) in [5.74, 6) is 0.262. The maximum absolute atomic E-state index is 8.67. The molecule has 1 heterocycles. The number of oxime groups is 1. The number of aromatic nitrogens is 1. The van der Waals surface area contributed by atoms with Crippen molar-refractivity contribution in [1.29, 1.82) is 0 Å². The summed E-state index contributed by atoms with van der Waals surface area (Å²) in [6, 6.07) is 3.98. The second-order valence-electron chi connectivity index (χ2n) is 5.06. The third-order valence-corrected chi connectivity index (χ3v) is 3.14. The minimum absolute atomic E-state index is 0.262. The molecule has 5 nitrogen and oxygen atoms in total. The molecule has 0 aliphatic carbocycles. The molecule has 18 heavy (non-hydrogen) atoms. The number of aryl methyl sites for hydroxylation is 1. The SMILES string of the molecule is Cc1cccnc1CNCCC(C)(C)C(N)=NO. The Labute approximate surface area is 108 Å². The first-order valence-electron chi connectivity index (χ1n) is 6.06. The van der Waals surface area contributed by atoms with E-state index < -0.39 is 0 Å².